The smallest absolute Gasteiger partial charge is 0.338 e. The second-order valence-corrected chi connectivity index (χ2v) is 6.01. The van der Waals surface area contributed by atoms with Crippen LogP contribution >= 0.6 is 0 Å². The van der Waals surface area contributed by atoms with E-state index in [0.717, 1.165) is 11.1 Å². The third kappa shape index (κ3) is 3.72. The Kier molecular flexibility index (Phi) is 4.97. The van der Waals surface area contributed by atoms with Crippen LogP contribution in [-0.2, 0) is 16.1 Å². The van der Waals surface area contributed by atoms with Crippen LogP contribution in [0.2, 0.25) is 0 Å². The van der Waals surface area contributed by atoms with Gasteiger partial charge in [-0.2, -0.15) is 0 Å². The zero-order valence-electron chi connectivity index (χ0n) is 14.9. The standard InChI is InChI=1S/C19H20N4O3/c1-4-23-17-10-7-14(11-16(17)21-22-23)19(25)26-13(3)18(24)20-15-8-5-12(2)6-9-15/h5-11,13H,4H2,1-3H3,(H,20,24)/t13-/m0/s1. The van der Waals surface area contributed by atoms with Crippen molar-refractivity contribution >= 4 is 28.6 Å². The second kappa shape index (κ2) is 7.35. The third-order valence-corrected chi connectivity index (χ3v) is 4.02. The maximum Gasteiger partial charge on any atom is 0.338 e. The molecule has 0 saturated carbocycles. The molecule has 3 rings (SSSR count). The minimum absolute atomic E-state index is 0.329. The molecule has 1 amide bonds. The van der Waals surface area contributed by atoms with Crippen LogP contribution < -0.4 is 5.32 Å². The summed E-state index contributed by atoms with van der Waals surface area (Å²) in [5.74, 6) is -0.968. The number of amides is 1. The van der Waals surface area contributed by atoms with Crippen molar-refractivity contribution in [2.75, 3.05) is 5.32 Å². The molecule has 0 saturated heterocycles. The maximum atomic E-state index is 12.3. The fourth-order valence-electron chi connectivity index (χ4n) is 2.50. The molecule has 0 unspecified atom stereocenters. The number of carbonyl (C=O) groups is 2. The molecule has 1 heterocycles. The Bertz CT molecular complexity index is 947. The maximum absolute atomic E-state index is 12.3. The van der Waals surface area contributed by atoms with Gasteiger partial charge in [-0.3, -0.25) is 4.79 Å². The zero-order valence-corrected chi connectivity index (χ0v) is 14.9. The van der Waals surface area contributed by atoms with Gasteiger partial charge in [0.05, 0.1) is 11.1 Å². The van der Waals surface area contributed by atoms with Gasteiger partial charge < -0.3 is 10.1 Å². The van der Waals surface area contributed by atoms with E-state index in [0.29, 0.717) is 23.3 Å². The van der Waals surface area contributed by atoms with Gasteiger partial charge in [-0.25, -0.2) is 9.48 Å². The number of nitrogens with one attached hydrogen (secondary N) is 1. The van der Waals surface area contributed by atoms with Crippen LogP contribution in [0.5, 0.6) is 0 Å². The first kappa shape index (κ1) is 17.6. The molecule has 0 radical (unpaired) electrons. The predicted molar refractivity (Wildman–Crippen MR) is 97.9 cm³/mol. The van der Waals surface area contributed by atoms with Gasteiger partial charge in [-0.15, -0.1) is 5.10 Å². The van der Waals surface area contributed by atoms with Gasteiger partial charge in [0.15, 0.2) is 6.10 Å². The lowest BCUT2D eigenvalue weighted by Crippen LogP contribution is -2.30. The van der Waals surface area contributed by atoms with Crippen molar-refractivity contribution in [3.05, 3.63) is 53.6 Å². The Morgan fingerprint density at radius 1 is 1.19 bits per heavy atom. The van der Waals surface area contributed by atoms with Crippen molar-refractivity contribution in [3.8, 4) is 0 Å². The molecular weight excluding hydrogens is 332 g/mol. The third-order valence-electron chi connectivity index (χ3n) is 4.02. The summed E-state index contributed by atoms with van der Waals surface area (Å²) in [6, 6.07) is 12.4. The number of nitrogens with zero attached hydrogens (tertiary/aromatic N) is 3. The van der Waals surface area contributed by atoms with E-state index in [1.165, 1.54) is 6.92 Å². The van der Waals surface area contributed by atoms with E-state index in [2.05, 4.69) is 15.6 Å². The number of carbonyl (C=O) groups excluding carboxylic acids is 2. The van der Waals surface area contributed by atoms with Crippen LogP contribution in [0, 0.1) is 6.92 Å². The van der Waals surface area contributed by atoms with Gasteiger partial charge in [0.1, 0.15) is 5.52 Å². The van der Waals surface area contributed by atoms with Crippen molar-refractivity contribution in [3.63, 3.8) is 0 Å². The Labute approximate surface area is 151 Å². The summed E-state index contributed by atoms with van der Waals surface area (Å²) < 4.78 is 7.01. The highest BCUT2D eigenvalue weighted by Crippen LogP contribution is 2.15. The van der Waals surface area contributed by atoms with Crippen molar-refractivity contribution in [1.82, 2.24) is 15.0 Å². The lowest BCUT2D eigenvalue weighted by molar-refractivity contribution is -0.123. The minimum Gasteiger partial charge on any atom is -0.449 e. The van der Waals surface area contributed by atoms with Crippen LogP contribution in [0.4, 0.5) is 5.69 Å². The zero-order chi connectivity index (χ0) is 18.7. The van der Waals surface area contributed by atoms with E-state index in [9.17, 15) is 9.59 Å². The summed E-state index contributed by atoms with van der Waals surface area (Å²) in [6.07, 6.45) is -0.925. The molecule has 134 valence electrons. The van der Waals surface area contributed by atoms with Crippen LogP contribution in [0.15, 0.2) is 42.5 Å². The van der Waals surface area contributed by atoms with Gasteiger partial charge in [-0.05, 0) is 51.1 Å². The summed E-state index contributed by atoms with van der Waals surface area (Å²) in [4.78, 5) is 24.5. The first-order chi connectivity index (χ1) is 12.5. The van der Waals surface area contributed by atoms with Gasteiger partial charge >= 0.3 is 5.97 Å². The van der Waals surface area contributed by atoms with Crippen molar-refractivity contribution in [2.45, 2.75) is 33.4 Å². The highest BCUT2D eigenvalue weighted by molar-refractivity contribution is 5.98. The molecule has 0 aliphatic rings. The van der Waals surface area contributed by atoms with Gasteiger partial charge in [0.25, 0.3) is 5.91 Å². The average molecular weight is 352 g/mol. The van der Waals surface area contributed by atoms with Crippen molar-refractivity contribution in [1.29, 1.82) is 0 Å². The van der Waals surface area contributed by atoms with E-state index < -0.39 is 12.1 Å². The minimum atomic E-state index is -0.925. The van der Waals surface area contributed by atoms with Gasteiger partial charge in [0.2, 0.25) is 0 Å². The lowest BCUT2D eigenvalue weighted by Gasteiger charge is -2.13. The Hall–Kier alpha value is -3.22. The molecule has 1 aromatic heterocycles. The Morgan fingerprint density at radius 3 is 2.62 bits per heavy atom. The average Bonchev–Trinajstić information content (AvgIpc) is 3.05. The molecule has 0 bridgehead atoms. The molecule has 1 N–H and O–H groups in total. The van der Waals surface area contributed by atoms with E-state index >= 15 is 0 Å². The number of aryl methyl sites for hydroxylation is 2. The number of anilines is 1. The summed E-state index contributed by atoms with van der Waals surface area (Å²) in [5.41, 5.74) is 3.53. The van der Waals surface area contributed by atoms with Crippen LogP contribution in [-0.4, -0.2) is 33.0 Å². The number of rotatable bonds is 5. The predicted octanol–water partition coefficient (Wildman–Crippen LogP) is 2.94. The number of hydrogen-bond acceptors (Lipinski definition) is 5. The van der Waals surface area contributed by atoms with Crippen LogP contribution in [0.3, 0.4) is 0 Å². The van der Waals surface area contributed by atoms with Crippen molar-refractivity contribution in [2.24, 2.45) is 0 Å². The molecule has 1 atom stereocenters. The fraction of sp³-hybridized carbons (Fsp3) is 0.263. The topological polar surface area (TPSA) is 86.1 Å². The lowest BCUT2D eigenvalue weighted by atomic mass is 10.2. The molecule has 26 heavy (non-hydrogen) atoms. The monoisotopic (exact) mass is 352 g/mol. The highest BCUT2D eigenvalue weighted by atomic mass is 16.5. The SMILES string of the molecule is CCn1nnc2cc(C(=O)O[C@@H](C)C(=O)Nc3ccc(C)cc3)ccc21. The largest absolute Gasteiger partial charge is 0.449 e. The Balaban J connectivity index is 1.66. The molecule has 0 spiro atoms. The first-order valence-corrected chi connectivity index (χ1v) is 8.39. The molecule has 0 fully saturated rings. The summed E-state index contributed by atoms with van der Waals surface area (Å²) in [5, 5.41) is 10.8. The summed E-state index contributed by atoms with van der Waals surface area (Å²) in [7, 11) is 0. The molecule has 2 aromatic carbocycles. The second-order valence-electron chi connectivity index (χ2n) is 6.01. The fourth-order valence-corrected chi connectivity index (χ4v) is 2.50. The van der Waals surface area contributed by atoms with E-state index in [4.69, 9.17) is 4.74 Å². The highest BCUT2D eigenvalue weighted by Gasteiger charge is 2.20. The first-order valence-electron chi connectivity index (χ1n) is 8.39. The summed E-state index contributed by atoms with van der Waals surface area (Å²) >= 11 is 0. The Morgan fingerprint density at radius 2 is 1.92 bits per heavy atom. The molecule has 3 aromatic rings. The van der Waals surface area contributed by atoms with Crippen LogP contribution in [0.1, 0.15) is 29.8 Å². The van der Waals surface area contributed by atoms with E-state index in [1.54, 1.807) is 35.0 Å². The molecule has 0 aliphatic carbocycles. The molecule has 0 aliphatic heterocycles. The number of fused-ring (bicyclic) bond motifs is 1. The van der Waals surface area contributed by atoms with Gasteiger partial charge in [0, 0.05) is 12.2 Å². The van der Waals surface area contributed by atoms with E-state index in [1.807, 2.05) is 26.0 Å². The quantitative estimate of drug-likeness (QED) is 0.714. The summed E-state index contributed by atoms with van der Waals surface area (Å²) in [6.45, 7) is 6.15. The number of esters is 1. The number of aromatic nitrogens is 3. The number of hydrogen-bond donors (Lipinski definition) is 1. The molecule has 7 heteroatoms. The van der Waals surface area contributed by atoms with Crippen LogP contribution in [0.25, 0.3) is 11.0 Å². The van der Waals surface area contributed by atoms with Gasteiger partial charge in [-0.1, -0.05) is 22.9 Å². The molecule has 7 nitrogen and oxygen atoms in total. The van der Waals surface area contributed by atoms with Crippen molar-refractivity contribution < 1.29 is 14.3 Å². The molecular formula is C19H20N4O3. The number of ether oxygens (including phenoxy) is 1. The normalized spacial score (nSPS) is 12.0. The number of benzene rings is 2. The van der Waals surface area contributed by atoms with E-state index in [-0.39, 0.29) is 5.91 Å².